The van der Waals surface area contributed by atoms with E-state index in [1.807, 2.05) is 0 Å². The van der Waals surface area contributed by atoms with E-state index in [-0.39, 0.29) is 36.8 Å². The van der Waals surface area contributed by atoms with Crippen molar-refractivity contribution in [1.82, 2.24) is 0 Å². The van der Waals surface area contributed by atoms with Crippen LogP contribution in [0.25, 0.3) is 0 Å². The van der Waals surface area contributed by atoms with E-state index in [1.54, 1.807) is 23.8 Å². The van der Waals surface area contributed by atoms with Crippen LogP contribution < -0.4 is 32.1 Å². The number of anilines is 2. The second-order valence-electron chi connectivity index (χ2n) is 7.55. The number of nitrogens with two attached hydrogens (primary N) is 2. The van der Waals surface area contributed by atoms with Crippen molar-refractivity contribution in [2.45, 2.75) is 37.7 Å². The van der Waals surface area contributed by atoms with Crippen molar-refractivity contribution in [3.05, 3.63) is 20.4 Å². The first-order valence-corrected chi connectivity index (χ1v) is 8.92. The second kappa shape index (κ2) is 7.97. The number of nitrogens with zero attached hydrogens (tertiary/aromatic N) is 2. The van der Waals surface area contributed by atoms with E-state index in [2.05, 4.69) is 0 Å². The molecule has 150 valence electrons. The molecule has 1 aromatic rings. The van der Waals surface area contributed by atoms with Crippen molar-refractivity contribution in [3.8, 4) is 0 Å². The fourth-order valence-corrected chi connectivity index (χ4v) is 3.79. The number of aliphatic carboxylic acids is 1. The van der Waals surface area contributed by atoms with Crippen LogP contribution in [0.4, 0.5) is 11.4 Å². The lowest BCUT2D eigenvalue weighted by molar-refractivity contribution is -0.144. The summed E-state index contributed by atoms with van der Waals surface area (Å²) in [6.45, 7) is 2.25. The van der Waals surface area contributed by atoms with Gasteiger partial charge in [0.25, 0.3) is 10.9 Å². The van der Waals surface area contributed by atoms with Crippen LogP contribution in [0.2, 0.25) is 6.32 Å². The Balaban J connectivity index is 2.25. The van der Waals surface area contributed by atoms with Crippen molar-refractivity contribution in [2.75, 3.05) is 36.5 Å². The van der Waals surface area contributed by atoms with Crippen LogP contribution in [-0.4, -0.2) is 66.5 Å². The first-order valence-electron chi connectivity index (χ1n) is 8.92. The summed E-state index contributed by atoms with van der Waals surface area (Å²) in [6, 6.07) is -0.212. The summed E-state index contributed by atoms with van der Waals surface area (Å²) >= 11 is 0. The maximum absolute atomic E-state index is 12.2. The third kappa shape index (κ3) is 4.16. The lowest BCUT2D eigenvalue weighted by Crippen LogP contribution is -2.55. The molecule has 0 saturated carbocycles. The Morgan fingerprint density at radius 3 is 2.56 bits per heavy atom. The van der Waals surface area contributed by atoms with Crippen LogP contribution in [0.1, 0.15) is 19.8 Å². The molecular weight excluding hydrogens is 355 g/mol. The average molecular weight is 382 g/mol. The number of hydrogen-bond donors (Lipinski definition) is 5. The molecule has 11 heteroatoms. The van der Waals surface area contributed by atoms with Crippen LogP contribution >= 0.6 is 0 Å². The highest BCUT2D eigenvalue weighted by Gasteiger charge is 2.51. The molecule has 1 saturated heterocycles. The molecule has 1 unspecified atom stereocenters. The fourth-order valence-electron chi connectivity index (χ4n) is 3.79. The first-order chi connectivity index (χ1) is 12.5. The Labute approximate surface area is 157 Å². The number of hydrogen-bond acceptors (Lipinski definition) is 9. The summed E-state index contributed by atoms with van der Waals surface area (Å²) in [5, 5.41) is 27.6. The van der Waals surface area contributed by atoms with Gasteiger partial charge in [0.05, 0.1) is 0 Å². The molecule has 0 amide bonds. The third-order valence-corrected chi connectivity index (χ3v) is 5.16. The molecule has 1 fully saturated rings. The highest BCUT2D eigenvalue weighted by atomic mass is 16.4. The number of carboxylic acids is 1. The molecule has 1 aromatic carbocycles. The molecule has 27 heavy (non-hydrogen) atoms. The number of rotatable bonds is 9. The van der Waals surface area contributed by atoms with Crippen molar-refractivity contribution < 1.29 is 19.9 Å². The predicted octanol–water partition coefficient (Wildman–Crippen LogP) is -2.46. The zero-order valence-electron chi connectivity index (χ0n) is 15.6. The van der Waals surface area contributed by atoms with E-state index >= 15 is 0 Å². The molecule has 0 bridgehead atoms. The van der Waals surface area contributed by atoms with E-state index in [9.17, 15) is 19.5 Å². The summed E-state index contributed by atoms with van der Waals surface area (Å²) in [4.78, 5) is 39.2. The van der Waals surface area contributed by atoms with Gasteiger partial charge in [0.2, 0.25) is 0 Å². The molecule has 2 rings (SSSR count). The minimum atomic E-state index is -1.59. The molecule has 1 aliphatic heterocycles. The number of carbonyl (C=O) groups is 1. The molecule has 0 aliphatic carbocycles. The lowest BCUT2D eigenvalue weighted by Gasteiger charge is -2.29. The van der Waals surface area contributed by atoms with Gasteiger partial charge in [-0.1, -0.05) is 6.42 Å². The highest BCUT2D eigenvalue weighted by Crippen LogP contribution is 2.35. The summed E-state index contributed by atoms with van der Waals surface area (Å²) in [7, 11) is 0.193. The van der Waals surface area contributed by atoms with E-state index in [1.165, 1.54) is 0 Å². The van der Waals surface area contributed by atoms with Gasteiger partial charge in [-0.15, -0.1) is 0 Å². The maximum Gasteiger partial charge on any atom is 0.451 e. The van der Waals surface area contributed by atoms with E-state index in [0.29, 0.717) is 19.4 Å². The van der Waals surface area contributed by atoms with Crippen LogP contribution in [0.3, 0.4) is 0 Å². The van der Waals surface area contributed by atoms with Gasteiger partial charge in [0.15, 0.2) is 0 Å². The predicted molar refractivity (Wildman–Crippen MR) is 103 cm³/mol. The molecule has 1 heterocycles. The van der Waals surface area contributed by atoms with E-state index < -0.39 is 35.4 Å². The summed E-state index contributed by atoms with van der Waals surface area (Å²) < 4.78 is 0. The molecule has 10 nitrogen and oxygen atoms in total. The van der Waals surface area contributed by atoms with Gasteiger partial charge >= 0.3 is 13.1 Å². The summed E-state index contributed by atoms with van der Waals surface area (Å²) in [5.41, 5.74) is 9.46. The van der Waals surface area contributed by atoms with Gasteiger partial charge in [-0.25, -0.2) is 0 Å². The molecular formula is C16H27BN4O6. The number of carboxylic acid groups (broad SMARTS) is 1. The molecule has 3 atom stereocenters. The van der Waals surface area contributed by atoms with Gasteiger partial charge in [-0.3, -0.25) is 14.4 Å². The SMILES string of the molecule is CC(N)CN(C)c1c(N2C[C@H](CCCB(O)O)[C@](N)(C(=O)O)C2)c(=O)c1=O. The van der Waals surface area contributed by atoms with Crippen LogP contribution in [0, 0.1) is 5.92 Å². The van der Waals surface area contributed by atoms with Crippen molar-refractivity contribution in [2.24, 2.45) is 17.4 Å². The minimum absolute atomic E-state index is 0.0987. The summed E-state index contributed by atoms with van der Waals surface area (Å²) in [6.07, 6.45) is 0.845. The van der Waals surface area contributed by atoms with E-state index in [0.717, 1.165) is 0 Å². The molecule has 0 radical (unpaired) electrons. The minimum Gasteiger partial charge on any atom is -0.480 e. The zero-order chi connectivity index (χ0) is 20.5. The van der Waals surface area contributed by atoms with Gasteiger partial charge in [-0.05, 0) is 19.7 Å². The Kier molecular flexibility index (Phi) is 6.30. The van der Waals surface area contributed by atoms with Gasteiger partial charge in [-0.2, -0.15) is 0 Å². The summed E-state index contributed by atoms with van der Waals surface area (Å²) in [5.74, 6) is -1.69. The highest BCUT2D eigenvalue weighted by molar-refractivity contribution is 6.40. The molecule has 0 spiro atoms. The molecule has 0 aromatic heterocycles. The van der Waals surface area contributed by atoms with Crippen LogP contribution in [-0.2, 0) is 4.79 Å². The van der Waals surface area contributed by atoms with Crippen LogP contribution in [0.5, 0.6) is 0 Å². The third-order valence-electron chi connectivity index (χ3n) is 5.16. The molecule has 7 N–H and O–H groups in total. The Morgan fingerprint density at radius 1 is 1.41 bits per heavy atom. The Hall–Kier alpha value is -1.95. The van der Waals surface area contributed by atoms with Gasteiger partial charge < -0.3 is 36.4 Å². The molecule has 1 aliphatic rings. The Bertz CT molecular complexity index is 762. The van der Waals surface area contributed by atoms with Gasteiger partial charge in [0.1, 0.15) is 16.9 Å². The topological polar surface area (TPSA) is 170 Å². The Morgan fingerprint density at radius 2 is 2.04 bits per heavy atom. The largest absolute Gasteiger partial charge is 0.480 e. The number of likely N-dealkylation sites (N-methyl/N-ethyl adjacent to an activating group) is 1. The standard InChI is InChI=1S/C16H27BN4O6/c1-9(18)6-20(2)11-12(14(23)13(11)22)21-7-10(4-3-5-17(26)27)16(19,8-21)15(24)25/h9-10,26-27H,3-8,18-19H2,1-2H3,(H,24,25)/t9?,10-,16-/m0/s1. The maximum atomic E-state index is 12.2. The van der Waals surface area contributed by atoms with Crippen molar-refractivity contribution in [1.29, 1.82) is 0 Å². The van der Waals surface area contributed by atoms with Gasteiger partial charge in [0, 0.05) is 38.6 Å². The van der Waals surface area contributed by atoms with E-state index in [4.69, 9.17) is 21.5 Å². The lowest BCUT2D eigenvalue weighted by atomic mass is 9.78. The monoisotopic (exact) mass is 382 g/mol. The fraction of sp³-hybridized carbons (Fsp3) is 0.688. The van der Waals surface area contributed by atoms with Crippen LogP contribution in [0.15, 0.2) is 9.59 Å². The van der Waals surface area contributed by atoms with Crippen molar-refractivity contribution in [3.63, 3.8) is 0 Å². The first kappa shape index (κ1) is 21.4. The quantitative estimate of drug-likeness (QED) is 0.228. The smallest absolute Gasteiger partial charge is 0.451 e. The average Bonchev–Trinajstić information content (AvgIpc) is 2.88. The second-order valence-corrected chi connectivity index (χ2v) is 7.55. The normalized spacial score (nSPS) is 23.6. The zero-order valence-corrected chi connectivity index (χ0v) is 15.6. The van der Waals surface area contributed by atoms with Crippen molar-refractivity contribution >= 4 is 24.5 Å².